The predicted molar refractivity (Wildman–Crippen MR) is 131 cm³/mol. The van der Waals surface area contributed by atoms with Gasteiger partial charge < -0.3 is 4.90 Å². The van der Waals surface area contributed by atoms with Gasteiger partial charge in [0.2, 0.25) is 0 Å². The zero-order chi connectivity index (χ0) is 22.4. The van der Waals surface area contributed by atoms with Crippen LogP contribution >= 0.6 is 23.2 Å². The normalized spacial score (nSPS) is 23.2. The molecule has 32 heavy (non-hydrogen) atoms. The summed E-state index contributed by atoms with van der Waals surface area (Å²) in [5.74, 6) is 1.54. The first-order valence-corrected chi connectivity index (χ1v) is 12.3. The van der Waals surface area contributed by atoms with Crippen molar-refractivity contribution in [1.29, 1.82) is 0 Å². The molecule has 4 heterocycles. The Labute approximate surface area is 199 Å². The highest BCUT2D eigenvalue weighted by molar-refractivity contribution is 6.35. The average molecular weight is 473 g/mol. The molecule has 0 N–H and O–H groups in total. The van der Waals surface area contributed by atoms with E-state index in [1.54, 1.807) is 6.07 Å². The zero-order valence-corrected chi connectivity index (χ0v) is 20.4. The molecule has 2 saturated heterocycles. The lowest BCUT2D eigenvalue weighted by atomic mass is 9.92. The van der Waals surface area contributed by atoms with Gasteiger partial charge in [-0.15, -0.1) is 0 Å². The standard InChI is InChI=1S/C24H30Cl2N6/c1-15-14-31(11-8-21(15)30-9-4-5-10-30)22-13-27-23-16(2)29-32(24(23)28-22)17(3)19-7-6-18(25)12-20(19)26/h6-7,12-13,15,17,21H,4-5,8-11,14H2,1-3H3. The first kappa shape index (κ1) is 21.9. The number of aryl methyl sites for hydroxylation is 1. The molecule has 0 bridgehead atoms. The van der Waals surface area contributed by atoms with Gasteiger partial charge in [-0.05, 0) is 69.8 Å². The van der Waals surface area contributed by atoms with Crippen molar-refractivity contribution in [2.24, 2.45) is 5.92 Å². The minimum Gasteiger partial charge on any atom is -0.355 e. The van der Waals surface area contributed by atoms with Crippen molar-refractivity contribution >= 4 is 40.2 Å². The van der Waals surface area contributed by atoms with E-state index in [4.69, 9.17) is 38.3 Å². The summed E-state index contributed by atoms with van der Waals surface area (Å²) in [5, 5.41) is 6.03. The lowest BCUT2D eigenvalue weighted by Gasteiger charge is -2.41. The summed E-state index contributed by atoms with van der Waals surface area (Å²) in [4.78, 5) is 14.9. The smallest absolute Gasteiger partial charge is 0.179 e. The van der Waals surface area contributed by atoms with Crippen LogP contribution in [0.1, 0.15) is 50.4 Å². The number of piperidine rings is 1. The summed E-state index contributed by atoms with van der Waals surface area (Å²) in [6.45, 7) is 11.0. The molecule has 0 spiro atoms. The van der Waals surface area contributed by atoms with Gasteiger partial charge in [0.25, 0.3) is 0 Å². The van der Waals surface area contributed by atoms with Crippen molar-refractivity contribution in [3.63, 3.8) is 0 Å². The number of halogens is 2. The van der Waals surface area contributed by atoms with Crippen LogP contribution in [-0.2, 0) is 0 Å². The molecule has 3 unspecified atom stereocenters. The fourth-order valence-electron chi connectivity index (χ4n) is 5.39. The first-order valence-electron chi connectivity index (χ1n) is 11.6. The van der Waals surface area contributed by atoms with Crippen LogP contribution < -0.4 is 4.90 Å². The van der Waals surface area contributed by atoms with Crippen LogP contribution in [0.4, 0.5) is 5.82 Å². The highest BCUT2D eigenvalue weighted by Gasteiger charge is 2.32. The van der Waals surface area contributed by atoms with Gasteiger partial charge in [0, 0.05) is 29.2 Å². The van der Waals surface area contributed by atoms with Crippen LogP contribution in [0.15, 0.2) is 24.4 Å². The molecule has 3 atom stereocenters. The maximum Gasteiger partial charge on any atom is 0.179 e. The van der Waals surface area contributed by atoms with Crippen LogP contribution in [0.2, 0.25) is 10.0 Å². The predicted octanol–water partition coefficient (Wildman–Crippen LogP) is 5.36. The molecule has 8 heteroatoms. The second kappa shape index (κ2) is 8.81. The minimum atomic E-state index is -0.0830. The van der Waals surface area contributed by atoms with E-state index in [1.807, 2.05) is 29.9 Å². The molecule has 6 nitrogen and oxygen atoms in total. The average Bonchev–Trinajstić information content (AvgIpc) is 3.41. The van der Waals surface area contributed by atoms with Crippen LogP contribution in [0.5, 0.6) is 0 Å². The Morgan fingerprint density at radius 2 is 1.91 bits per heavy atom. The van der Waals surface area contributed by atoms with E-state index >= 15 is 0 Å². The van der Waals surface area contributed by atoms with Gasteiger partial charge in [-0.2, -0.15) is 5.10 Å². The fourth-order valence-corrected chi connectivity index (χ4v) is 5.96. The monoisotopic (exact) mass is 472 g/mol. The summed E-state index contributed by atoms with van der Waals surface area (Å²) in [5.41, 5.74) is 3.48. The molecular formula is C24H30Cl2N6. The number of benzene rings is 1. The number of hydrogen-bond donors (Lipinski definition) is 0. The number of aromatic nitrogens is 4. The van der Waals surface area contributed by atoms with Crippen molar-refractivity contribution in [1.82, 2.24) is 24.6 Å². The third kappa shape index (κ3) is 3.97. The van der Waals surface area contributed by atoms with Crippen molar-refractivity contribution in [3.8, 4) is 0 Å². The molecule has 0 amide bonds. The van der Waals surface area contributed by atoms with Crippen LogP contribution in [-0.4, -0.2) is 56.9 Å². The maximum absolute atomic E-state index is 6.49. The Hall–Kier alpha value is -1.89. The molecule has 2 aliphatic heterocycles. The van der Waals surface area contributed by atoms with Crippen LogP contribution in [0.3, 0.4) is 0 Å². The van der Waals surface area contributed by atoms with E-state index in [2.05, 4.69) is 23.6 Å². The Balaban J connectivity index is 1.44. The molecular weight excluding hydrogens is 443 g/mol. The first-order chi connectivity index (χ1) is 15.4. The van der Waals surface area contributed by atoms with Gasteiger partial charge in [-0.1, -0.05) is 36.2 Å². The lowest BCUT2D eigenvalue weighted by molar-refractivity contribution is 0.158. The topological polar surface area (TPSA) is 50.1 Å². The molecule has 170 valence electrons. The lowest BCUT2D eigenvalue weighted by Crippen LogP contribution is -2.49. The third-order valence-corrected chi connectivity index (χ3v) is 7.69. The number of fused-ring (bicyclic) bond motifs is 1. The molecule has 0 radical (unpaired) electrons. The third-order valence-electron chi connectivity index (χ3n) is 7.13. The molecule has 0 aliphatic carbocycles. The molecule has 2 fully saturated rings. The van der Waals surface area contributed by atoms with Crippen LogP contribution in [0.25, 0.3) is 11.2 Å². The van der Waals surface area contributed by atoms with E-state index in [0.717, 1.165) is 41.3 Å². The maximum atomic E-state index is 6.49. The number of anilines is 1. The van der Waals surface area contributed by atoms with Crippen molar-refractivity contribution in [3.05, 3.63) is 45.7 Å². The van der Waals surface area contributed by atoms with Gasteiger partial charge in [0.15, 0.2) is 5.65 Å². The van der Waals surface area contributed by atoms with E-state index in [9.17, 15) is 0 Å². The van der Waals surface area contributed by atoms with E-state index in [1.165, 1.54) is 32.4 Å². The van der Waals surface area contributed by atoms with Gasteiger partial charge in [0.1, 0.15) is 11.3 Å². The Bertz CT molecular complexity index is 1120. The Morgan fingerprint density at radius 3 is 2.62 bits per heavy atom. The quantitative estimate of drug-likeness (QED) is 0.511. The van der Waals surface area contributed by atoms with E-state index in [-0.39, 0.29) is 6.04 Å². The second-order valence-corrected chi connectivity index (χ2v) is 10.1. The molecule has 2 aliphatic rings. The Kier molecular flexibility index (Phi) is 6.03. The number of likely N-dealkylation sites (tertiary alicyclic amines) is 1. The Morgan fingerprint density at radius 1 is 1.12 bits per heavy atom. The van der Waals surface area contributed by atoms with Crippen molar-refractivity contribution < 1.29 is 0 Å². The largest absolute Gasteiger partial charge is 0.355 e. The van der Waals surface area contributed by atoms with Gasteiger partial charge in [-0.3, -0.25) is 4.90 Å². The number of rotatable bonds is 4. The molecule has 0 saturated carbocycles. The summed E-state index contributed by atoms with van der Waals surface area (Å²) in [7, 11) is 0. The zero-order valence-electron chi connectivity index (χ0n) is 18.9. The van der Waals surface area contributed by atoms with E-state index < -0.39 is 0 Å². The van der Waals surface area contributed by atoms with Crippen LogP contribution in [0, 0.1) is 12.8 Å². The number of hydrogen-bond acceptors (Lipinski definition) is 5. The van der Waals surface area contributed by atoms with E-state index in [0.29, 0.717) is 22.0 Å². The SMILES string of the molecule is Cc1nn(C(C)c2ccc(Cl)cc2Cl)c2nc(N3CCC(N4CCCC4)C(C)C3)cnc12. The van der Waals surface area contributed by atoms with Gasteiger partial charge in [0.05, 0.1) is 17.9 Å². The van der Waals surface area contributed by atoms with Gasteiger partial charge in [-0.25, -0.2) is 14.6 Å². The fraction of sp³-hybridized carbons (Fsp3) is 0.542. The van der Waals surface area contributed by atoms with Gasteiger partial charge >= 0.3 is 0 Å². The molecule has 2 aromatic heterocycles. The summed E-state index contributed by atoms with van der Waals surface area (Å²) in [6.07, 6.45) is 5.77. The molecule has 3 aromatic rings. The van der Waals surface area contributed by atoms with Crippen molar-refractivity contribution in [2.45, 2.75) is 52.1 Å². The highest BCUT2D eigenvalue weighted by atomic mass is 35.5. The summed E-state index contributed by atoms with van der Waals surface area (Å²) >= 11 is 12.6. The second-order valence-electron chi connectivity index (χ2n) is 9.29. The number of nitrogens with zero attached hydrogens (tertiary/aromatic N) is 6. The summed E-state index contributed by atoms with van der Waals surface area (Å²) < 4.78 is 1.94. The summed E-state index contributed by atoms with van der Waals surface area (Å²) in [6, 6.07) is 6.20. The molecule has 1 aromatic carbocycles. The molecule has 5 rings (SSSR count). The highest BCUT2D eigenvalue weighted by Crippen LogP contribution is 2.32. The van der Waals surface area contributed by atoms with Crippen molar-refractivity contribution in [2.75, 3.05) is 31.1 Å². The minimum absolute atomic E-state index is 0.0830.